The molecule has 0 atom stereocenters. The molecule has 15 heavy (non-hydrogen) atoms. The first-order chi connectivity index (χ1) is 7.31. The maximum absolute atomic E-state index is 8.88. The summed E-state index contributed by atoms with van der Waals surface area (Å²) in [6.07, 6.45) is 5.05. The minimum atomic E-state index is 0.0775. The van der Waals surface area contributed by atoms with Gasteiger partial charge in [-0.05, 0) is 0 Å². The van der Waals surface area contributed by atoms with Crippen molar-refractivity contribution < 1.29 is 5.11 Å². The van der Waals surface area contributed by atoms with Crippen LogP contribution in [0, 0.1) is 0 Å². The summed E-state index contributed by atoms with van der Waals surface area (Å²) in [6, 6.07) is 0. The second-order valence-electron chi connectivity index (χ2n) is 3.03. The fourth-order valence-electron chi connectivity index (χ4n) is 1.19. The molecular formula is C10H16N4O. The van der Waals surface area contributed by atoms with Gasteiger partial charge in [-0.15, -0.1) is 6.58 Å². The molecule has 0 aliphatic heterocycles. The van der Waals surface area contributed by atoms with Gasteiger partial charge >= 0.3 is 0 Å². The number of aliphatic hydroxyl groups excluding tert-OH is 1. The molecule has 0 radical (unpaired) electrons. The SMILES string of the molecule is C=CCN(CCO)c1cnc(CN)cn1. The predicted octanol–water partition coefficient (Wildman–Crippen LogP) is -0.0800. The van der Waals surface area contributed by atoms with Crippen molar-refractivity contribution in [3.8, 4) is 0 Å². The van der Waals surface area contributed by atoms with Crippen molar-refractivity contribution in [2.75, 3.05) is 24.6 Å². The molecule has 0 spiro atoms. The monoisotopic (exact) mass is 208 g/mol. The van der Waals surface area contributed by atoms with Gasteiger partial charge in [-0.1, -0.05) is 6.08 Å². The zero-order valence-electron chi connectivity index (χ0n) is 8.63. The van der Waals surface area contributed by atoms with Gasteiger partial charge in [0, 0.05) is 19.6 Å². The Labute approximate surface area is 89.3 Å². The van der Waals surface area contributed by atoms with E-state index in [0.717, 1.165) is 11.5 Å². The van der Waals surface area contributed by atoms with Crippen molar-refractivity contribution in [1.82, 2.24) is 9.97 Å². The average molecular weight is 208 g/mol. The molecular weight excluding hydrogens is 192 g/mol. The third-order valence-electron chi connectivity index (χ3n) is 1.94. The Bertz CT molecular complexity index is 299. The number of nitrogens with two attached hydrogens (primary N) is 1. The third kappa shape index (κ3) is 3.30. The van der Waals surface area contributed by atoms with Gasteiger partial charge in [0.25, 0.3) is 0 Å². The quantitative estimate of drug-likeness (QED) is 0.639. The van der Waals surface area contributed by atoms with Crippen molar-refractivity contribution in [3.05, 3.63) is 30.7 Å². The average Bonchev–Trinajstić information content (AvgIpc) is 2.29. The molecule has 0 aliphatic rings. The fourth-order valence-corrected chi connectivity index (χ4v) is 1.19. The summed E-state index contributed by atoms with van der Waals surface area (Å²) in [5.41, 5.74) is 6.17. The Morgan fingerprint density at radius 1 is 1.47 bits per heavy atom. The highest BCUT2D eigenvalue weighted by atomic mass is 16.3. The summed E-state index contributed by atoms with van der Waals surface area (Å²) in [7, 11) is 0. The van der Waals surface area contributed by atoms with E-state index >= 15 is 0 Å². The number of hydrogen-bond acceptors (Lipinski definition) is 5. The molecule has 0 aliphatic carbocycles. The van der Waals surface area contributed by atoms with Crippen molar-refractivity contribution in [2.45, 2.75) is 6.54 Å². The summed E-state index contributed by atoms with van der Waals surface area (Å²) < 4.78 is 0. The van der Waals surface area contributed by atoms with Gasteiger partial charge in [0.1, 0.15) is 5.82 Å². The second-order valence-corrected chi connectivity index (χ2v) is 3.03. The summed E-state index contributed by atoms with van der Waals surface area (Å²) in [4.78, 5) is 10.2. The second kappa shape index (κ2) is 6.10. The van der Waals surface area contributed by atoms with E-state index in [0.29, 0.717) is 19.6 Å². The zero-order valence-corrected chi connectivity index (χ0v) is 8.63. The maximum Gasteiger partial charge on any atom is 0.147 e. The fraction of sp³-hybridized carbons (Fsp3) is 0.400. The normalized spacial score (nSPS) is 10.0. The molecule has 5 heteroatoms. The van der Waals surface area contributed by atoms with Crippen LogP contribution in [0.5, 0.6) is 0 Å². The lowest BCUT2D eigenvalue weighted by Gasteiger charge is -2.20. The van der Waals surface area contributed by atoms with E-state index < -0.39 is 0 Å². The van der Waals surface area contributed by atoms with E-state index in [2.05, 4.69) is 16.5 Å². The zero-order chi connectivity index (χ0) is 11.1. The van der Waals surface area contributed by atoms with Crippen molar-refractivity contribution >= 4 is 5.82 Å². The highest BCUT2D eigenvalue weighted by Crippen LogP contribution is 2.08. The molecule has 0 bridgehead atoms. The number of aromatic nitrogens is 2. The summed E-state index contributed by atoms with van der Waals surface area (Å²) in [5, 5.41) is 8.88. The Hall–Kier alpha value is -1.46. The van der Waals surface area contributed by atoms with E-state index in [1.807, 2.05) is 4.90 Å². The van der Waals surface area contributed by atoms with E-state index in [1.54, 1.807) is 18.5 Å². The summed E-state index contributed by atoms with van der Waals surface area (Å²) in [6.45, 7) is 5.26. The standard InChI is InChI=1S/C10H16N4O/c1-2-3-14(4-5-15)10-8-12-9(6-11)7-13-10/h2,7-8,15H,1,3-6,11H2. The van der Waals surface area contributed by atoms with Crippen LogP contribution in [0.25, 0.3) is 0 Å². The molecule has 3 N–H and O–H groups in total. The molecule has 1 heterocycles. The maximum atomic E-state index is 8.88. The van der Waals surface area contributed by atoms with Crippen molar-refractivity contribution in [1.29, 1.82) is 0 Å². The van der Waals surface area contributed by atoms with Gasteiger partial charge in [-0.25, -0.2) is 4.98 Å². The first kappa shape index (κ1) is 11.6. The van der Waals surface area contributed by atoms with Crippen LogP contribution in [0.2, 0.25) is 0 Å². The first-order valence-electron chi connectivity index (χ1n) is 4.79. The molecule has 1 aromatic rings. The highest BCUT2D eigenvalue weighted by molar-refractivity contribution is 5.36. The van der Waals surface area contributed by atoms with Crippen LogP contribution in [-0.4, -0.2) is 34.8 Å². The van der Waals surface area contributed by atoms with Crippen LogP contribution in [-0.2, 0) is 6.54 Å². The lowest BCUT2D eigenvalue weighted by atomic mass is 10.4. The molecule has 0 unspecified atom stereocenters. The van der Waals surface area contributed by atoms with Crippen LogP contribution >= 0.6 is 0 Å². The molecule has 0 aromatic carbocycles. The van der Waals surface area contributed by atoms with Crippen LogP contribution in [0.3, 0.4) is 0 Å². The highest BCUT2D eigenvalue weighted by Gasteiger charge is 2.05. The molecule has 5 nitrogen and oxygen atoms in total. The molecule has 0 saturated carbocycles. The van der Waals surface area contributed by atoms with Gasteiger partial charge in [0.15, 0.2) is 0 Å². The van der Waals surface area contributed by atoms with Crippen LogP contribution < -0.4 is 10.6 Å². The van der Waals surface area contributed by atoms with Gasteiger partial charge in [0.05, 0.1) is 24.7 Å². The molecule has 1 rings (SSSR count). The number of rotatable bonds is 6. The predicted molar refractivity (Wildman–Crippen MR) is 59.4 cm³/mol. The lowest BCUT2D eigenvalue weighted by Crippen LogP contribution is -2.27. The molecule has 0 fully saturated rings. The third-order valence-corrected chi connectivity index (χ3v) is 1.94. The number of aliphatic hydroxyl groups is 1. The molecule has 82 valence electrons. The van der Waals surface area contributed by atoms with E-state index in [9.17, 15) is 0 Å². The van der Waals surface area contributed by atoms with Gasteiger partial charge in [-0.2, -0.15) is 0 Å². The first-order valence-corrected chi connectivity index (χ1v) is 4.79. The largest absolute Gasteiger partial charge is 0.395 e. The van der Waals surface area contributed by atoms with Gasteiger partial charge in [-0.3, -0.25) is 4.98 Å². The van der Waals surface area contributed by atoms with Crippen molar-refractivity contribution in [2.24, 2.45) is 5.73 Å². The van der Waals surface area contributed by atoms with Crippen LogP contribution in [0.15, 0.2) is 25.0 Å². The Balaban J connectivity index is 2.76. The van der Waals surface area contributed by atoms with Crippen LogP contribution in [0.4, 0.5) is 5.82 Å². The minimum absolute atomic E-state index is 0.0775. The van der Waals surface area contributed by atoms with Crippen molar-refractivity contribution in [3.63, 3.8) is 0 Å². The lowest BCUT2D eigenvalue weighted by molar-refractivity contribution is 0.302. The van der Waals surface area contributed by atoms with Crippen LogP contribution in [0.1, 0.15) is 5.69 Å². The smallest absolute Gasteiger partial charge is 0.147 e. The van der Waals surface area contributed by atoms with E-state index in [1.165, 1.54) is 0 Å². The van der Waals surface area contributed by atoms with Gasteiger partial charge in [0.2, 0.25) is 0 Å². The number of nitrogens with zero attached hydrogens (tertiary/aromatic N) is 3. The topological polar surface area (TPSA) is 75.3 Å². The number of anilines is 1. The number of hydrogen-bond donors (Lipinski definition) is 2. The Morgan fingerprint density at radius 2 is 2.27 bits per heavy atom. The van der Waals surface area contributed by atoms with Gasteiger partial charge < -0.3 is 15.7 Å². The van der Waals surface area contributed by atoms with E-state index in [-0.39, 0.29) is 6.61 Å². The molecule has 0 saturated heterocycles. The molecule has 0 amide bonds. The Kier molecular flexibility index (Phi) is 4.73. The Morgan fingerprint density at radius 3 is 2.73 bits per heavy atom. The van der Waals surface area contributed by atoms with E-state index in [4.69, 9.17) is 10.8 Å². The minimum Gasteiger partial charge on any atom is -0.395 e. The summed E-state index contributed by atoms with van der Waals surface area (Å²) >= 11 is 0. The molecule has 1 aromatic heterocycles. The summed E-state index contributed by atoms with van der Waals surface area (Å²) in [5.74, 6) is 0.723.